The number of hydrogen-bond acceptors (Lipinski definition) is 5. The van der Waals surface area contributed by atoms with Gasteiger partial charge in [0.25, 0.3) is 0 Å². The van der Waals surface area contributed by atoms with Crippen molar-refractivity contribution in [3.8, 4) is 22.8 Å². The third-order valence-corrected chi connectivity index (χ3v) is 4.30. The lowest BCUT2D eigenvalue weighted by molar-refractivity contribution is 0.0691. The van der Waals surface area contributed by atoms with Crippen LogP contribution in [0.3, 0.4) is 0 Å². The second-order valence-electron chi connectivity index (χ2n) is 5.17. The number of rotatable bonds is 7. The van der Waals surface area contributed by atoms with Crippen LogP contribution >= 0.6 is 11.3 Å². The maximum absolute atomic E-state index is 11.2. The van der Waals surface area contributed by atoms with Crippen molar-refractivity contribution < 1.29 is 19.4 Å². The van der Waals surface area contributed by atoms with E-state index in [9.17, 15) is 9.90 Å². The quantitative estimate of drug-likeness (QED) is 0.676. The Labute approximate surface area is 149 Å². The Bertz CT molecular complexity index is 858. The van der Waals surface area contributed by atoms with Gasteiger partial charge in [0.05, 0.1) is 12.3 Å². The minimum absolute atomic E-state index is 0.144. The fraction of sp³-hybridized carbons (Fsp3) is 0.158. The first kappa shape index (κ1) is 17.0. The third-order valence-electron chi connectivity index (χ3n) is 3.48. The van der Waals surface area contributed by atoms with E-state index in [-0.39, 0.29) is 12.2 Å². The molecule has 0 bridgehead atoms. The van der Waals surface area contributed by atoms with Gasteiger partial charge in [-0.3, -0.25) is 0 Å². The van der Waals surface area contributed by atoms with E-state index in [0.29, 0.717) is 12.4 Å². The summed E-state index contributed by atoms with van der Waals surface area (Å²) >= 11 is 1.48. The summed E-state index contributed by atoms with van der Waals surface area (Å²) < 4.78 is 11.1. The van der Waals surface area contributed by atoms with Gasteiger partial charge in [-0.25, -0.2) is 9.78 Å². The van der Waals surface area contributed by atoms with E-state index in [4.69, 9.17) is 9.47 Å². The normalized spacial score (nSPS) is 10.4. The topological polar surface area (TPSA) is 68.7 Å². The first-order valence-corrected chi connectivity index (χ1v) is 8.68. The van der Waals surface area contributed by atoms with Crippen molar-refractivity contribution in [2.75, 3.05) is 6.61 Å². The van der Waals surface area contributed by atoms with Crippen LogP contribution in [0.4, 0.5) is 0 Å². The number of carboxylic acids is 1. The summed E-state index contributed by atoms with van der Waals surface area (Å²) in [5, 5.41) is 11.9. The zero-order valence-corrected chi connectivity index (χ0v) is 14.5. The van der Waals surface area contributed by atoms with E-state index in [1.807, 2.05) is 36.6 Å². The molecule has 0 aliphatic heterocycles. The van der Waals surface area contributed by atoms with Gasteiger partial charge in [0, 0.05) is 10.9 Å². The highest BCUT2D eigenvalue weighted by molar-refractivity contribution is 7.09. The van der Waals surface area contributed by atoms with E-state index in [1.165, 1.54) is 17.4 Å². The number of hydrogen-bond donors (Lipinski definition) is 1. The van der Waals surface area contributed by atoms with Crippen molar-refractivity contribution in [2.24, 2.45) is 0 Å². The van der Waals surface area contributed by atoms with Gasteiger partial charge < -0.3 is 14.6 Å². The van der Waals surface area contributed by atoms with Crippen molar-refractivity contribution >= 4 is 17.3 Å². The maximum atomic E-state index is 11.2. The zero-order valence-electron chi connectivity index (χ0n) is 13.6. The largest absolute Gasteiger partial charge is 0.494 e. The molecule has 0 aliphatic carbocycles. The molecule has 3 rings (SSSR count). The third kappa shape index (κ3) is 4.16. The molecule has 0 saturated heterocycles. The van der Waals surface area contributed by atoms with E-state index in [1.54, 1.807) is 18.2 Å². The predicted molar refractivity (Wildman–Crippen MR) is 96.5 cm³/mol. The minimum atomic E-state index is -1.01. The minimum Gasteiger partial charge on any atom is -0.494 e. The fourth-order valence-corrected chi connectivity index (χ4v) is 3.02. The molecule has 0 aliphatic rings. The van der Waals surface area contributed by atoms with E-state index >= 15 is 0 Å². The molecule has 0 fully saturated rings. The van der Waals surface area contributed by atoms with Gasteiger partial charge in [-0.15, -0.1) is 11.3 Å². The number of nitrogens with zero attached hydrogens (tertiary/aromatic N) is 1. The van der Waals surface area contributed by atoms with Crippen LogP contribution in [0, 0.1) is 0 Å². The molecule has 128 valence electrons. The monoisotopic (exact) mass is 355 g/mol. The van der Waals surface area contributed by atoms with Gasteiger partial charge in [-0.2, -0.15) is 0 Å². The van der Waals surface area contributed by atoms with Crippen LogP contribution in [0.5, 0.6) is 11.5 Å². The summed E-state index contributed by atoms with van der Waals surface area (Å²) in [5.41, 5.74) is 2.00. The van der Waals surface area contributed by atoms with Gasteiger partial charge in [0.15, 0.2) is 0 Å². The molecule has 0 saturated carbocycles. The molecule has 1 aromatic heterocycles. The number of ether oxygens (including phenoxy) is 2. The molecule has 0 unspecified atom stereocenters. The second kappa shape index (κ2) is 7.81. The van der Waals surface area contributed by atoms with Crippen LogP contribution in [-0.4, -0.2) is 22.7 Å². The van der Waals surface area contributed by atoms with E-state index < -0.39 is 5.97 Å². The first-order valence-electron chi connectivity index (χ1n) is 7.80. The lowest BCUT2D eigenvalue weighted by atomic mass is 10.2. The van der Waals surface area contributed by atoms with Gasteiger partial charge in [0.1, 0.15) is 28.7 Å². The first-order chi connectivity index (χ1) is 12.2. The van der Waals surface area contributed by atoms with Crippen LogP contribution in [0.25, 0.3) is 11.3 Å². The van der Waals surface area contributed by atoms with E-state index in [0.717, 1.165) is 22.0 Å². The predicted octanol–water partition coefficient (Wildman–Crippen LogP) is 4.49. The standard InChI is InChI=1S/C19H17NO4S/c1-2-23-14-9-7-13(8-10-14)16-12-25-18(20-16)11-24-17-6-4-3-5-15(17)19(21)22/h3-10,12H,2,11H2,1H3,(H,21,22). The molecular formula is C19H17NO4S. The summed E-state index contributed by atoms with van der Waals surface area (Å²) in [6.45, 7) is 2.81. The summed E-state index contributed by atoms with van der Waals surface area (Å²) in [5.74, 6) is 0.160. The average Bonchev–Trinajstić information content (AvgIpc) is 3.10. The smallest absolute Gasteiger partial charge is 0.339 e. The number of aromatic nitrogens is 1. The van der Waals surface area contributed by atoms with Crippen molar-refractivity contribution in [3.05, 3.63) is 64.5 Å². The molecule has 25 heavy (non-hydrogen) atoms. The van der Waals surface area contributed by atoms with Crippen molar-refractivity contribution in [1.29, 1.82) is 0 Å². The lowest BCUT2D eigenvalue weighted by Gasteiger charge is -2.07. The molecule has 6 heteroatoms. The van der Waals surface area contributed by atoms with E-state index in [2.05, 4.69) is 4.98 Å². The summed E-state index contributed by atoms with van der Waals surface area (Å²) in [6.07, 6.45) is 0. The Hall–Kier alpha value is -2.86. The molecular weight excluding hydrogens is 338 g/mol. The molecule has 0 spiro atoms. The Kier molecular flexibility index (Phi) is 5.30. The maximum Gasteiger partial charge on any atom is 0.339 e. The molecule has 0 amide bonds. The highest BCUT2D eigenvalue weighted by Gasteiger charge is 2.11. The molecule has 0 radical (unpaired) electrons. The summed E-state index contributed by atoms with van der Waals surface area (Å²) in [6, 6.07) is 14.3. The highest BCUT2D eigenvalue weighted by Crippen LogP contribution is 2.25. The van der Waals surface area contributed by atoms with Crippen LogP contribution in [-0.2, 0) is 6.61 Å². The van der Waals surface area contributed by atoms with Crippen molar-refractivity contribution in [3.63, 3.8) is 0 Å². The lowest BCUT2D eigenvalue weighted by Crippen LogP contribution is -2.03. The van der Waals surface area contributed by atoms with Crippen LogP contribution in [0.2, 0.25) is 0 Å². The molecule has 2 aromatic carbocycles. The number of carbonyl (C=O) groups is 1. The van der Waals surface area contributed by atoms with Gasteiger partial charge in [-0.1, -0.05) is 12.1 Å². The zero-order chi connectivity index (χ0) is 17.6. The molecule has 5 nitrogen and oxygen atoms in total. The molecule has 1 heterocycles. The van der Waals surface area contributed by atoms with Crippen LogP contribution < -0.4 is 9.47 Å². The SMILES string of the molecule is CCOc1ccc(-c2csc(COc3ccccc3C(=O)O)n2)cc1. The highest BCUT2D eigenvalue weighted by atomic mass is 32.1. The van der Waals surface area contributed by atoms with Gasteiger partial charge in [-0.05, 0) is 43.3 Å². The van der Waals surface area contributed by atoms with Crippen LogP contribution in [0.15, 0.2) is 53.9 Å². The van der Waals surface area contributed by atoms with Gasteiger partial charge in [0.2, 0.25) is 0 Å². The fourth-order valence-electron chi connectivity index (χ4n) is 2.31. The Morgan fingerprint density at radius 3 is 2.60 bits per heavy atom. The number of para-hydroxylation sites is 1. The number of carboxylic acid groups (broad SMARTS) is 1. The van der Waals surface area contributed by atoms with Crippen molar-refractivity contribution in [2.45, 2.75) is 13.5 Å². The number of benzene rings is 2. The summed E-state index contributed by atoms with van der Waals surface area (Å²) in [7, 11) is 0. The van der Waals surface area contributed by atoms with Crippen molar-refractivity contribution in [1.82, 2.24) is 4.98 Å². The van der Waals surface area contributed by atoms with Crippen LogP contribution in [0.1, 0.15) is 22.3 Å². The molecule has 0 atom stereocenters. The molecule has 3 aromatic rings. The number of aromatic carboxylic acids is 1. The summed E-state index contributed by atoms with van der Waals surface area (Å²) in [4.78, 5) is 15.7. The Morgan fingerprint density at radius 2 is 1.88 bits per heavy atom. The van der Waals surface area contributed by atoms with Gasteiger partial charge >= 0.3 is 5.97 Å². The molecule has 1 N–H and O–H groups in total. The average molecular weight is 355 g/mol. The Morgan fingerprint density at radius 1 is 1.12 bits per heavy atom. The Balaban J connectivity index is 1.69. The number of thiazole rings is 1. The second-order valence-corrected chi connectivity index (χ2v) is 6.12.